The van der Waals surface area contributed by atoms with Crippen molar-refractivity contribution >= 4 is 22.5 Å². The fourth-order valence-corrected chi connectivity index (χ4v) is 2.77. The number of pyridine rings is 1. The Morgan fingerprint density at radius 3 is 2.45 bits per heavy atom. The maximum absolute atomic E-state index is 6.13. The molecule has 0 bridgehead atoms. The average Bonchev–Trinajstić information content (AvgIpc) is 2.47. The van der Waals surface area contributed by atoms with Crippen molar-refractivity contribution in [2.24, 2.45) is 0 Å². The molecule has 3 rings (SSSR count). The van der Waals surface area contributed by atoms with E-state index in [0.717, 1.165) is 27.7 Å². The summed E-state index contributed by atoms with van der Waals surface area (Å²) in [7, 11) is 0. The van der Waals surface area contributed by atoms with E-state index in [-0.39, 0.29) is 0 Å². The van der Waals surface area contributed by atoms with Crippen molar-refractivity contribution in [3.8, 4) is 11.3 Å². The highest BCUT2D eigenvalue weighted by Gasteiger charge is 2.11. The highest BCUT2D eigenvalue weighted by atomic mass is 35.5. The summed E-state index contributed by atoms with van der Waals surface area (Å²) in [4.78, 5) is 4.89. The summed E-state index contributed by atoms with van der Waals surface area (Å²) in [6, 6.07) is 16.7. The second-order valence-electron chi connectivity index (χ2n) is 5.09. The van der Waals surface area contributed by atoms with E-state index in [0.29, 0.717) is 5.88 Å². The fourth-order valence-electron chi connectivity index (χ4n) is 2.56. The van der Waals surface area contributed by atoms with Crippen LogP contribution in [0.1, 0.15) is 16.7 Å². The molecule has 0 unspecified atom stereocenters. The van der Waals surface area contributed by atoms with E-state index in [9.17, 15) is 0 Å². The molecule has 0 spiro atoms. The summed E-state index contributed by atoms with van der Waals surface area (Å²) in [6.07, 6.45) is 0. The molecule has 0 atom stereocenters. The van der Waals surface area contributed by atoms with E-state index in [1.54, 1.807) is 0 Å². The van der Waals surface area contributed by atoms with Crippen molar-refractivity contribution in [1.29, 1.82) is 0 Å². The molecule has 0 saturated heterocycles. The number of para-hydroxylation sites is 1. The average molecular weight is 282 g/mol. The molecule has 1 heterocycles. The normalized spacial score (nSPS) is 10.9. The largest absolute Gasteiger partial charge is 0.247 e. The third kappa shape index (κ3) is 2.19. The van der Waals surface area contributed by atoms with E-state index >= 15 is 0 Å². The Kier molecular flexibility index (Phi) is 3.45. The Bertz CT molecular complexity index is 777. The number of alkyl halides is 1. The zero-order valence-corrected chi connectivity index (χ0v) is 12.4. The number of hydrogen-bond donors (Lipinski definition) is 0. The van der Waals surface area contributed by atoms with Crippen molar-refractivity contribution in [2.45, 2.75) is 19.7 Å². The van der Waals surface area contributed by atoms with Crippen molar-refractivity contribution in [1.82, 2.24) is 4.98 Å². The molecule has 0 amide bonds. The Hall–Kier alpha value is -1.86. The van der Waals surface area contributed by atoms with Gasteiger partial charge in [-0.1, -0.05) is 42.5 Å². The maximum atomic E-state index is 6.13. The zero-order valence-electron chi connectivity index (χ0n) is 11.7. The highest BCUT2D eigenvalue weighted by molar-refractivity contribution is 6.17. The molecule has 20 heavy (non-hydrogen) atoms. The van der Waals surface area contributed by atoms with Crippen LogP contribution in [0.5, 0.6) is 0 Å². The minimum Gasteiger partial charge on any atom is -0.247 e. The molecule has 0 aliphatic rings. The summed E-state index contributed by atoms with van der Waals surface area (Å²) in [6.45, 7) is 4.20. The van der Waals surface area contributed by atoms with E-state index in [4.69, 9.17) is 16.6 Å². The van der Waals surface area contributed by atoms with Crippen molar-refractivity contribution in [2.75, 3.05) is 0 Å². The maximum Gasteiger partial charge on any atom is 0.0756 e. The van der Waals surface area contributed by atoms with Crippen molar-refractivity contribution in [3.63, 3.8) is 0 Å². The van der Waals surface area contributed by atoms with Gasteiger partial charge in [-0.2, -0.15) is 0 Å². The van der Waals surface area contributed by atoms with Crippen LogP contribution in [0.25, 0.3) is 22.2 Å². The minimum absolute atomic E-state index is 0.473. The number of benzene rings is 2. The Balaban J connectivity index is 2.34. The zero-order chi connectivity index (χ0) is 14.1. The molecule has 0 saturated carbocycles. The molecule has 0 aliphatic heterocycles. The molecule has 0 fully saturated rings. The van der Waals surface area contributed by atoms with Crippen LogP contribution in [0, 0.1) is 13.8 Å². The lowest BCUT2D eigenvalue weighted by atomic mass is 9.99. The van der Waals surface area contributed by atoms with Gasteiger partial charge in [-0.15, -0.1) is 11.6 Å². The monoisotopic (exact) mass is 281 g/mol. The van der Waals surface area contributed by atoms with Crippen LogP contribution < -0.4 is 0 Å². The molecule has 100 valence electrons. The quantitative estimate of drug-likeness (QED) is 0.584. The highest BCUT2D eigenvalue weighted by Crippen LogP contribution is 2.30. The van der Waals surface area contributed by atoms with Gasteiger partial charge in [-0.3, -0.25) is 0 Å². The summed E-state index contributed by atoms with van der Waals surface area (Å²) in [5.41, 5.74) is 6.71. The van der Waals surface area contributed by atoms with Gasteiger partial charge in [0.2, 0.25) is 0 Å². The Morgan fingerprint density at radius 2 is 1.70 bits per heavy atom. The number of halogens is 1. The van der Waals surface area contributed by atoms with Crippen molar-refractivity contribution < 1.29 is 0 Å². The molecule has 0 N–H and O–H groups in total. The molecule has 1 aromatic heterocycles. The van der Waals surface area contributed by atoms with E-state index in [2.05, 4.69) is 50.2 Å². The van der Waals surface area contributed by atoms with Gasteiger partial charge in [-0.05, 0) is 36.6 Å². The van der Waals surface area contributed by atoms with Crippen LogP contribution in [-0.4, -0.2) is 4.98 Å². The lowest BCUT2D eigenvalue weighted by molar-refractivity contribution is 1.27. The summed E-state index contributed by atoms with van der Waals surface area (Å²) in [5.74, 6) is 0.473. The number of nitrogens with zero attached hydrogens (tertiary/aromatic N) is 1. The second kappa shape index (κ2) is 5.26. The van der Waals surface area contributed by atoms with Gasteiger partial charge in [0.1, 0.15) is 0 Å². The van der Waals surface area contributed by atoms with Crippen LogP contribution >= 0.6 is 11.6 Å². The lowest BCUT2D eigenvalue weighted by Crippen LogP contribution is -1.95. The number of aryl methyl sites for hydroxylation is 2. The van der Waals surface area contributed by atoms with Gasteiger partial charge < -0.3 is 0 Å². The predicted octanol–water partition coefficient (Wildman–Crippen LogP) is 5.26. The van der Waals surface area contributed by atoms with Gasteiger partial charge >= 0.3 is 0 Å². The molecule has 1 nitrogen and oxygen atoms in total. The molecule has 2 aromatic carbocycles. The lowest BCUT2D eigenvalue weighted by Gasteiger charge is -2.12. The van der Waals surface area contributed by atoms with E-state index in [1.165, 1.54) is 11.1 Å². The minimum atomic E-state index is 0.473. The van der Waals surface area contributed by atoms with Crippen molar-refractivity contribution in [3.05, 3.63) is 65.2 Å². The van der Waals surface area contributed by atoms with Gasteiger partial charge in [0.15, 0.2) is 0 Å². The van der Waals surface area contributed by atoms with Gasteiger partial charge in [0.05, 0.1) is 11.2 Å². The van der Waals surface area contributed by atoms with Crippen LogP contribution in [0.4, 0.5) is 0 Å². The molecule has 0 aliphatic carbocycles. The third-order valence-corrected chi connectivity index (χ3v) is 3.96. The van der Waals surface area contributed by atoms with Gasteiger partial charge in [0.25, 0.3) is 0 Å². The standard InChI is InChI=1S/C18H16ClN/c1-12-6-3-4-9-16(12)18-15(11-19)10-14-8-5-7-13(2)17(14)20-18/h3-10H,11H2,1-2H3. The molecular formula is C18H16ClN. The first-order valence-corrected chi connectivity index (χ1v) is 7.25. The Morgan fingerprint density at radius 1 is 0.950 bits per heavy atom. The fraction of sp³-hybridized carbons (Fsp3) is 0.167. The number of aromatic nitrogens is 1. The van der Waals surface area contributed by atoms with Gasteiger partial charge in [0, 0.05) is 16.8 Å². The van der Waals surface area contributed by atoms with E-state index < -0.39 is 0 Å². The summed E-state index contributed by atoms with van der Waals surface area (Å²) in [5, 5.41) is 1.15. The summed E-state index contributed by atoms with van der Waals surface area (Å²) < 4.78 is 0. The third-order valence-electron chi connectivity index (χ3n) is 3.67. The first-order valence-electron chi connectivity index (χ1n) is 6.72. The first kappa shape index (κ1) is 13.1. The first-order chi connectivity index (χ1) is 9.70. The topological polar surface area (TPSA) is 12.9 Å². The summed E-state index contributed by atoms with van der Waals surface area (Å²) >= 11 is 6.13. The number of fused-ring (bicyclic) bond motifs is 1. The van der Waals surface area contributed by atoms with E-state index in [1.807, 2.05) is 12.1 Å². The molecule has 0 radical (unpaired) electrons. The van der Waals surface area contributed by atoms with Crippen LogP contribution in [0.15, 0.2) is 48.5 Å². The number of rotatable bonds is 2. The molecule has 2 heteroatoms. The smallest absolute Gasteiger partial charge is 0.0756 e. The number of hydrogen-bond acceptors (Lipinski definition) is 1. The van der Waals surface area contributed by atoms with Gasteiger partial charge in [-0.25, -0.2) is 4.98 Å². The molecular weight excluding hydrogens is 266 g/mol. The predicted molar refractivity (Wildman–Crippen MR) is 86.2 cm³/mol. The van der Waals surface area contributed by atoms with Crippen LogP contribution in [0.3, 0.4) is 0 Å². The molecule has 3 aromatic rings. The van der Waals surface area contributed by atoms with Crippen LogP contribution in [0.2, 0.25) is 0 Å². The SMILES string of the molecule is Cc1ccccc1-c1nc2c(C)cccc2cc1CCl. The Labute approximate surface area is 124 Å². The van der Waals surface area contributed by atoms with Crippen LogP contribution in [-0.2, 0) is 5.88 Å². The second-order valence-corrected chi connectivity index (χ2v) is 5.36.